The molecule has 9 nitrogen and oxygen atoms in total. The van der Waals surface area contributed by atoms with E-state index in [1.54, 1.807) is 20.1 Å². The van der Waals surface area contributed by atoms with Crippen molar-refractivity contribution in [3.63, 3.8) is 0 Å². The Morgan fingerprint density at radius 3 is 2.38 bits per heavy atom. The smallest absolute Gasteiger partial charge is 0.251 e. The van der Waals surface area contributed by atoms with Crippen LogP contribution in [0.2, 0.25) is 0 Å². The van der Waals surface area contributed by atoms with Gasteiger partial charge in [-0.1, -0.05) is 26.0 Å². The molecule has 0 aromatic heterocycles. The highest BCUT2D eigenvalue weighted by atomic mass is 16.5. The number of methoxy groups -OCH3 is 3. The van der Waals surface area contributed by atoms with Gasteiger partial charge in [-0.05, 0) is 50.5 Å². The minimum atomic E-state index is -0.864. The Bertz CT molecular complexity index is 977. The Balaban J connectivity index is 2.46. The van der Waals surface area contributed by atoms with E-state index in [9.17, 15) is 24.6 Å². The minimum Gasteiger partial charge on any atom is -0.492 e. The molecule has 1 aliphatic heterocycles. The molecule has 0 aromatic rings. The van der Waals surface area contributed by atoms with Crippen molar-refractivity contribution < 1.29 is 38.8 Å². The fourth-order valence-electron chi connectivity index (χ4n) is 4.77. The number of aliphatic hydroxyl groups is 2. The van der Waals surface area contributed by atoms with Crippen LogP contribution in [0.4, 0.5) is 0 Å². The number of rotatable bonds is 4. The van der Waals surface area contributed by atoms with Gasteiger partial charge in [0.1, 0.15) is 0 Å². The zero-order valence-electron chi connectivity index (χ0n) is 22.7. The first kappa shape index (κ1) is 30.6. The molecule has 0 saturated carbocycles. The van der Waals surface area contributed by atoms with Gasteiger partial charge in [0.05, 0.1) is 37.7 Å². The monoisotopic (exact) mass is 519 g/mol. The number of Topliss-reactive ketones (excluding diaryl/α,β-unsaturated/α-hetero) is 1. The Morgan fingerprint density at radius 1 is 1.08 bits per heavy atom. The maximum Gasteiger partial charge on any atom is 0.251 e. The first-order chi connectivity index (χ1) is 17.6. The number of hydrogen-bond acceptors (Lipinski definition) is 8. The van der Waals surface area contributed by atoms with Crippen molar-refractivity contribution in [1.29, 1.82) is 0 Å². The van der Waals surface area contributed by atoms with Gasteiger partial charge < -0.3 is 29.7 Å². The van der Waals surface area contributed by atoms with Crippen molar-refractivity contribution in [3.05, 3.63) is 46.4 Å². The van der Waals surface area contributed by atoms with E-state index in [2.05, 4.69) is 5.32 Å². The molecule has 0 fully saturated rings. The number of hydrogen-bond donors (Lipinski definition) is 3. The summed E-state index contributed by atoms with van der Waals surface area (Å²) in [5.41, 5.74) is 1.24. The molecule has 0 spiro atoms. The average Bonchev–Trinajstić information content (AvgIpc) is 2.87. The summed E-state index contributed by atoms with van der Waals surface area (Å²) in [5, 5.41) is 23.6. The summed E-state index contributed by atoms with van der Waals surface area (Å²) >= 11 is 0. The van der Waals surface area contributed by atoms with Crippen LogP contribution in [-0.4, -0.2) is 73.9 Å². The van der Waals surface area contributed by atoms with Crippen LogP contribution in [0, 0.1) is 11.8 Å². The second kappa shape index (κ2) is 14.4. The fourth-order valence-corrected chi connectivity index (χ4v) is 4.77. The molecule has 5 atom stereocenters. The number of allylic oxidation sites excluding steroid dienone is 3. The van der Waals surface area contributed by atoms with Gasteiger partial charge in [0.15, 0.2) is 5.76 Å². The highest BCUT2D eigenvalue weighted by Gasteiger charge is 2.33. The summed E-state index contributed by atoms with van der Waals surface area (Å²) in [5.74, 6) is -1.96. The van der Waals surface area contributed by atoms with Crippen molar-refractivity contribution in [2.75, 3.05) is 27.9 Å². The van der Waals surface area contributed by atoms with E-state index in [0.717, 1.165) is 11.6 Å². The molecule has 1 heterocycles. The van der Waals surface area contributed by atoms with Gasteiger partial charge in [0.25, 0.3) is 5.91 Å². The predicted octanol–water partition coefficient (Wildman–Crippen LogP) is 2.53. The molecule has 206 valence electrons. The van der Waals surface area contributed by atoms with Gasteiger partial charge in [0.2, 0.25) is 11.6 Å². The first-order valence-electron chi connectivity index (χ1n) is 12.7. The summed E-state index contributed by atoms with van der Waals surface area (Å²) in [6.45, 7) is 5.23. The maximum absolute atomic E-state index is 13.3. The van der Waals surface area contributed by atoms with Gasteiger partial charge >= 0.3 is 0 Å². The third-order valence-electron chi connectivity index (χ3n) is 6.98. The van der Waals surface area contributed by atoms with Gasteiger partial charge in [-0.15, -0.1) is 0 Å². The topological polar surface area (TPSA) is 131 Å². The van der Waals surface area contributed by atoms with Crippen molar-refractivity contribution in [2.24, 2.45) is 11.8 Å². The normalized spacial score (nSPS) is 32.2. The number of carbonyl (C=O) groups excluding carboxylic acids is 3. The standard InChI is InChI=1S/C28H41NO8/c1-16-10-21-26(33)22(14-23(31)27(21)37-6)29-28(34)17(2)8-7-9-20(35-4)13-19(15-30)12-18(3)25(32)24(11-16)36-5/h8,12,14,16,18,20,24-25,30,32H,7,9-11,13,15H2,1-6H3,(H,29,34)/b17-8+,19-12-/t16-,18+,20+,24+,25-/m1/s1. The molecular formula is C28H41NO8. The lowest BCUT2D eigenvalue weighted by Gasteiger charge is -2.29. The van der Waals surface area contributed by atoms with E-state index >= 15 is 0 Å². The molecule has 1 aliphatic carbocycles. The third kappa shape index (κ3) is 8.20. The van der Waals surface area contributed by atoms with Gasteiger partial charge in [-0.3, -0.25) is 14.4 Å². The van der Waals surface area contributed by atoms with E-state index in [4.69, 9.17) is 14.2 Å². The molecule has 0 radical (unpaired) electrons. The van der Waals surface area contributed by atoms with E-state index in [1.807, 2.05) is 19.9 Å². The molecule has 0 unspecified atom stereocenters. The van der Waals surface area contributed by atoms with Crippen LogP contribution in [0.15, 0.2) is 46.4 Å². The number of fused-ring (bicyclic) bond motifs is 2. The Hall–Kier alpha value is -2.59. The Kier molecular flexibility index (Phi) is 11.9. The number of amides is 1. The summed E-state index contributed by atoms with van der Waals surface area (Å²) in [6.07, 6.45) is 5.29. The molecule has 1 amide bonds. The fraction of sp³-hybridized carbons (Fsp3) is 0.607. The molecular weight excluding hydrogens is 478 g/mol. The van der Waals surface area contributed by atoms with Crippen molar-refractivity contribution >= 4 is 17.5 Å². The van der Waals surface area contributed by atoms with Gasteiger partial charge in [-0.25, -0.2) is 0 Å². The molecule has 0 saturated heterocycles. The molecule has 3 N–H and O–H groups in total. The van der Waals surface area contributed by atoms with Crippen LogP contribution in [0.3, 0.4) is 0 Å². The zero-order valence-corrected chi connectivity index (χ0v) is 22.7. The zero-order chi connectivity index (χ0) is 27.7. The maximum atomic E-state index is 13.3. The average molecular weight is 520 g/mol. The van der Waals surface area contributed by atoms with Crippen LogP contribution < -0.4 is 5.32 Å². The van der Waals surface area contributed by atoms with E-state index < -0.39 is 29.7 Å². The van der Waals surface area contributed by atoms with Crippen molar-refractivity contribution in [3.8, 4) is 0 Å². The lowest BCUT2D eigenvalue weighted by atomic mass is 9.85. The van der Waals surface area contributed by atoms with Crippen molar-refractivity contribution in [1.82, 2.24) is 5.32 Å². The summed E-state index contributed by atoms with van der Waals surface area (Å²) in [4.78, 5) is 38.8. The third-order valence-corrected chi connectivity index (χ3v) is 6.98. The van der Waals surface area contributed by atoms with Crippen LogP contribution in [0.25, 0.3) is 0 Å². The van der Waals surface area contributed by atoms with Crippen LogP contribution in [0.5, 0.6) is 0 Å². The quantitative estimate of drug-likeness (QED) is 0.381. The SMILES string of the molecule is COC1=C2C[C@@H](C)C[C@H](OC)[C@H](O)[C@@H](C)/C=C(\CO)C[C@@H](OC)CC/C=C(\C)C(=O)NC(=CC1=O)C2=O. The number of carbonyl (C=O) groups is 3. The van der Waals surface area contributed by atoms with E-state index in [1.165, 1.54) is 14.2 Å². The molecule has 0 aromatic carbocycles. The van der Waals surface area contributed by atoms with Gasteiger partial charge in [-0.2, -0.15) is 0 Å². The summed E-state index contributed by atoms with van der Waals surface area (Å²) in [7, 11) is 4.44. The van der Waals surface area contributed by atoms with Crippen LogP contribution >= 0.6 is 0 Å². The van der Waals surface area contributed by atoms with Crippen molar-refractivity contribution in [2.45, 2.75) is 71.2 Å². The van der Waals surface area contributed by atoms with Gasteiger partial charge in [0, 0.05) is 37.4 Å². The second-order valence-corrected chi connectivity index (χ2v) is 9.90. The van der Waals surface area contributed by atoms with Crippen LogP contribution in [0.1, 0.15) is 52.9 Å². The number of aliphatic hydroxyl groups excluding tert-OH is 2. The lowest BCUT2D eigenvalue weighted by molar-refractivity contribution is -0.120. The van der Waals surface area contributed by atoms with E-state index in [-0.39, 0.29) is 48.0 Å². The minimum absolute atomic E-state index is 0.0444. The van der Waals surface area contributed by atoms with E-state index in [0.29, 0.717) is 31.3 Å². The largest absolute Gasteiger partial charge is 0.492 e. The summed E-state index contributed by atoms with van der Waals surface area (Å²) in [6, 6.07) is 0. The highest BCUT2D eigenvalue weighted by molar-refractivity contribution is 6.23. The first-order valence-corrected chi connectivity index (χ1v) is 12.7. The molecule has 2 rings (SSSR count). The van der Waals surface area contributed by atoms with Crippen LogP contribution in [-0.2, 0) is 28.6 Å². The Labute approximate surface area is 219 Å². The Morgan fingerprint density at radius 2 is 1.78 bits per heavy atom. The molecule has 2 bridgehead atoms. The number of nitrogens with one attached hydrogen (secondary N) is 1. The molecule has 9 heteroatoms. The highest BCUT2D eigenvalue weighted by Crippen LogP contribution is 2.29. The number of ether oxygens (including phenoxy) is 3. The second-order valence-electron chi connectivity index (χ2n) is 9.90. The summed E-state index contributed by atoms with van der Waals surface area (Å²) < 4.78 is 16.4. The molecule has 2 aliphatic rings. The molecule has 37 heavy (non-hydrogen) atoms. The number of ketones is 2. The predicted molar refractivity (Wildman–Crippen MR) is 138 cm³/mol. The lowest BCUT2D eigenvalue weighted by Crippen LogP contribution is -2.36.